The Morgan fingerprint density at radius 2 is 1.85 bits per heavy atom. The van der Waals surface area contributed by atoms with Gasteiger partial charge in [0.05, 0.1) is 7.11 Å². The van der Waals surface area contributed by atoms with Crippen LogP contribution in [0.4, 0.5) is 14.5 Å². The van der Waals surface area contributed by atoms with Crippen LogP contribution in [-0.4, -0.2) is 26.2 Å². The maximum Gasteiger partial charge on any atom is 0.387 e. The van der Waals surface area contributed by atoms with Crippen LogP contribution in [-0.2, 0) is 4.79 Å². The molecule has 0 spiro atoms. The average molecular weight is 379 g/mol. The third kappa shape index (κ3) is 5.84. The highest BCUT2D eigenvalue weighted by atomic mass is 19.3. The lowest BCUT2D eigenvalue weighted by molar-refractivity contribution is -0.118. The second-order valence-corrected chi connectivity index (χ2v) is 6.25. The van der Waals surface area contributed by atoms with Crippen LogP contribution in [0.15, 0.2) is 36.4 Å². The predicted molar refractivity (Wildman–Crippen MR) is 99.0 cm³/mol. The Bertz CT molecular complexity index is 794. The molecule has 0 radical (unpaired) electrons. The number of rotatable bonds is 8. The zero-order valence-electron chi connectivity index (χ0n) is 15.7. The number of hydrogen-bond donors (Lipinski definition) is 1. The van der Waals surface area contributed by atoms with Gasteiger partial charge in [0, 0.05) is 11.8 Å². The van der Waals surface area contributed by atoms with Crippen LogP contribution < -0.4 is 19.5 Å². The molecule has 0 fully saturated rings. The number of halogens is 2. The molecule has 5 nitrogen and oxygen atoms in total. The van der Waals surface area contributed by atoms with E-state index in [1.54, 1.807) is 0 Å². The van der Waals surface area contributed by atoms with Crippen LogP contribution in [0, 0.1) is 6.92 Å². The molecule has 2 aromatic carbocycles. The summed E-state index contributed by atoms with van der Waals surface area (Å²) in [6, 6.07) is 9.90. The Kier molecular flexibility index (Phi) is 6.98. The van der Waals surface area contributed by atoms with Crippen LogP contribution in [0.5, 0.6) is 17.2 Å². The van der Waals surface area contributed by atoms with Crippen LogP contribution in [0.1, 0.15) is 30.9 Å². The molecule has 0 aliphatic heterocycles. The van der Waals surface area contributed by atoms with Crippen LogP contribution in [0.25, 0.3) is 0 Å². The van der Waals surface area contributed by atoms with E-state index < -0.39 is 12.5 Å². The zero-order valence-corrected chi connectivity index (χ0v) is 15.7. The molecule has 0 saturated heterocycles. The van der Waals surface area contributed by atoms with Crippen molar-refractivity contribution in [2.24, 2.45) is 0 Å². The van der Waals surface area contributed by atoms with E-state index in [0.717, 1.165) is 5.56 Å². The SMILES string of the molecule is COc1ccc(NC(=O)COc2ccc(C(C)C)c(C)c2)cc1OC(F)F. The Morgan fingerprint density at radius 3 is 2.44 bits per heavy atom. The average Bonchev–Trinajstić information content (AvgIpc) is 2.59. The topological polar surface area (TPSA) is 56.8 Å². The lowest BCUT2D eigenvalue weighted by atomic mass is 9.98. The summed E-state index contributed by atoms with van der Waals surface area (Å²) >= 11 is 0. The number of hydrogen-bond acceptors (Lipinski definition) is 4. The van der Waals surface area contributed by atoms with Crippen LogP contribution >= 0.6 is 0 Å². The lowest BCUT2D eigenvalue weighted by Crippen LogP contribution is -2.20. The molecule has 2 rings (SSSR count). The van der Waals surface area contributed by atoms with E-state index in [2.05, 4.69) is 23.9 Å². The molecule has 0 heterocycles. The molecule has 146 valence electrons. The fourth-order valence-electron chi connectivity index (χ4n) is 2.67. The van der Waals surface area contributed by atoms with Gasteiger partial charge in [-0.3, -0.25) is 4.79 Å². The number of methoxy groups -OCH3 is 1. The summed E-state index contributed by atoms with van der Waals surface area (Å²) in [4.78, 5) is 12.1. The van der Waals surface area contributed by atoms with Crippen molar-refractivity contribution in [1.29, 1.82) is 0 Å². The molecular formula is C20H23F2NO4. The van der Waals surface area contributed by atoms with E-state index in [4.69, 9.17) is 9.47 Å². The number of benzene rings is 2. The predicted octanol–water partition coefficient (Wildman–Crippen LogP) is 4.75. The van der Waals surface area contributed by atoms with Crippen molar-refractivity contribution in [3.8, 4) is 17.2 Å². The van der Waals surface area contributed by atoms with Gasteiger partial charge in [0.1, 0.15) is 5.75 Å². The van der Waals surface area contributed by atoms with E-state index in [0.29, 0.717) is 17.4 Å². The first-order chi connectivity index (χ1) is 12.8. The Morgan fingerprint density at radius 1 is 1.11 bits per heavy atom. The standard InChI is InChI=1S/C20H23F2NO4/c1-12(2)16-7-6-15(9-13(16)3)26-11-19(24)23-14-5-8-17(25-4)18(10-14)27-20(21)22/h5-10,12,20H,11H2,1-4H3,(H,23,24). The molecule has 0 aliphatic carbocycles. The van der Waals surface area contributed by atoms with Crippen molar-refractivity contribution in [3.63, 3.8) is 0 Å². The van der Waals surface area contributed by atoms with Gasteiger partial charge in [-0.1, -0.05) is 19.9 Å². The van der Waals surface area contributed by atoms with Crippen molar-refractivity contribution in [2.75, 3.05) is 19.0 Å². The Labute approximate surface area is 157 Å². The third-order valence-corrected chi connectivity index (χ3v) is 3.90. The van der Waals surface area contributed by atoms with Gasteiger partial charge in [-0.15, -0.1) is 0 Å². The number of carbonyl (C=O) groups is 1. The Hall–Kier alpha value is -2.83. The number of anilines is 1. The van der Waals surface area contributed by atoms with E-state index in [1.165, 1.54) is 30.9 Å². The molecule has 0 unspecified atom stereocenters. The maximum atomic E-state index is 12.5. The number of ether oxygens (including phenoxy) is 3. The van der Waals surface area contributed by atoms with Crippen LogP contribution in [0.2, 0.25) is 0 Å². The van der Waals surface area contributed by atoms with E-state index in [9.17, 15) is 13.6 Å². The van der Waals surface area contributed by atoms with Gasteiger partial charge in [0.25, 0.3) is 5.91 Å². The zero-order chi connectivity index (χ0) is 20.0. The molecule has 27 heavy (non-hydrogen) atoms. The highest BCUT2D eigenvalue weighted by Gasteiger charge is 2.13. The van der Waals surface area contributed by atoms with Crippen molar-refractivity contribution >= 4 is 11.6 Å². The monoisotopic (exact) mass is 379 g/mol. The molecule has 0 bridgehead atoms. The van der Waals surface area contributed by atoms with Gasteiger partial charge >= 0.3 is 6.61 Å². The van der Waals surface area contributed by atoms with Crippen LogP contribution in [0.3, 0.4) is 0 Å². The molecule has 0 saturated carbocycles. The minimum atomic E-state index is -3.00. The third-order valence-electron chi connectivity index (χ3n) is 3.90. The largest absolute Gasteiger partial charge is 0.493 e. The normalized spacial score (nSPS) is 10.8. The molecule has 2 aromatic rings. The van der Waals surface area contributed by atoms with E-state index in [-0.39, 0.29) is 18.1 Å². The Balaban J connectivity index is 1.98. The summed E-state index contributed by atoms with van der Waals surface area (Å²) in [7, 11) is 1.34. The first kappa shape index (κ1) is 20.5. The highest BCUT2D eigenvalue weighted by Crippen LogP contribution is 2.31. The van der Waals surface area contributed by atoms with Gasteiger partial charge in [-0.05, 0) is 48.2 Å². The van der Waals surface area contributed by atoms with E-state index >= 15 is 0 Å². The van der Waals surface area contributed by atoms with Crippen molar-refractivity contribution < 1.29 is 27.8 Å². The van der Waals surface area contributed by atoms with Gasteiger partial charge in [0.2, 0.25) is 0 Å². The molecule has 0 aromatic heterocycles. The van der Waals surface area contributed by atoms with Crippen molar-refractivity contribution in [3.05, 3.63) is 47.5 Å². The summed E-state index contributed by atoms with van der Waals surface area (Å²) < 4.78 is 39.8. The first-order valence-corrected chi connectivity index (χ1v) is 8.46. The molecule has 1 amide bonds. The summed E-state index contributed by atoms with van der Waals surface area (Å²) in [6.07, 6.45) is 0. The number of amides is 1. The minimum absolute atomic E-state index is 0.144. The minimum Gasteiger partial charge on any atom is -0.493 e. The van der Waals surface area contributed by atoms with Gasteiger partial charge in [0.15, 0.2) is 18.1 Å². The van der Waals surface area contributed by atoms with Gasteiger partial charge in [-0.2, -0.15) is 8.78 Å². The molecule has 1 N–H and O–H groups in total. The number of nitrogens with one attached hydrogen (secondary N) is 1. The fourth-order valence-corrected chi connectivity index (χ4v) is 2.67. The maximum absolute atomic E-state index is 12.5. The van der Waals surface area contributed by atoms with Crippen molar-refractivity contribution in [1.82, 2.24) is 0 Å². The number of aryl methyl sites for hydroxylation is 1. The molecular weight excluding hydrogens is 356 g/mol. The number of carbonyl (C=O) groups excluding carboxylic acids is 1. The number of alkyl halides is 2. The van der Waals surface area contributed by atoms with Gasteiger partial charge < -0.3 is 19.5 Å². The fraction of sp³-hybridized carbons (Fsp3) is 0.350. The molecule has 0 aliphatic rings. The second kappa shape index (κ2) is 9.21. The summed E-state index contributed by atoms with van der Waals surface area (Å²) in [5.41, 5.74) is 2.61. The quantitative estimate of drug-likeness (QED) is 0.719. The second-order valence-electron chi connectivity index (χ2n) is 6.25. The summed E-state index contributed by atoms with van der Waals surface area (Å²) in [5.74, 6) is 0.552. The van der Waals surface area contributed by atoms with Crippen molar-refractivity contribution in [2.45, 2.75) is 33.3 Å². The molecule has 0 atom stereocenters. The molecule has 7 heteroatoms. The van der Waals surface area contributed by atoms with Gasteiger partial charge in [-0.25, -0.2) is 0 Å². The lowest BCUT2D eigenvalue weighted by Gasteiger charge is -2.13. The summed E-state index contributed by atoms with van der Waals surface area (Å²) in [5, 5.41) is 2.58. The highest BCUT2D eigenvalue weighted by molar-refractivity contribution is 5.92. The summed E-state index contributed by atoms with van der Waals surface area (Å²) in [6.45, 7) is 3.00. The smallest absolute Gasteiger partial charge is 0.387 e. The van der Waals surface area contributed by atoms with E-state index in [1.807, 2.05) is 25.1 Å². The first-order valence-electron chi connectivity index (χ1n) is 8.46.